The fourth-order valence-electron chi connectivity index (χ4n) is 4.41. The Bertz CT molecular complexity index is 869. The molecule has 5 nitrogen and oxygen atoms in total. The van der Waals surface area contributed by atoms with Crippen molar-refractivity contribution in [3.63, 3.8) is 0 Å². The topological polar surface area (TPSA) is 89.6 Å². The number of rotatable bonds is 5. The molecule has 2 aromatic rings. The van der Waals surface area contributed by atoms with Crippen LogP contribution in [0, 0.1) is 5.41 Å². The Morgan fingerprint density at radius 2 is 1.71 bits per heavy atom. The molecule has 1 aliphatic heterocycles. The van der Waals surface area contributed by atoms with Gasteiger partial charge in [-0.25, -0.2) is 0 Å². The highest BCUT2D eigenvalue weighted by atomic mass is 32.2. The van der Waals surface area contributed by atoms with Crippen molar-refractivity contribution in [3.05, 3.63) is 59.7 Å². The Balaban J connectivity index is 1.56. The van der Waals surface area contributed by atoms with Crippen molar-refractivity contribution in [2.24, 2.45) is 11.1 Å². The van der Waals surface area contributed by atoms with E-state index < -0.39 is 17.4 Å². The summed E-state index contributed by atoms with van der Waals surface area (Å²) in [5, 5.41) is 9.11. The normalized spacial score (nSPS) is 23.7. The van der Waals surface area contributed by atoms with Gasteiger partial charge in [0.2, 0.25) is 0 Å². The highest BCUT2D eigenvalue weighted by molar-refractivity contribution is 7.99. The second kappa shape index (κ2) is 7.60. The smallest absolute Gasteiger partial charge is 0.312 e. The molecule has 0 saturated carbocycles. The van der Waals surface area contributed by atoms with E-state index in [2.05, 4.69) is 24.3 Å². The summed E-state index contributed by atoms with van der Waals surface area (Å²) in [7, 11) is 0. The van der Waals surface area contributed by atoms with E-state index in [4.69, 9.17) is 10.5 Å². The average Bonchev–Trinajstić information content (AvgIpc) is 2.99. The molecule has 146 valence electrons. The summed E-state index contributed by atoms with van der Waals surface area (Å²) >= 11 is 1.57. The number of fused-ring (bicyclic) bond motifs is 3. The minimum absolute atomic E-state index is 0.0372. The van der Waals surface area contributed by atoms with E-state index in [1.54, 1.807) is 11.8 Å². The van der Waals surface area contributed by atoms with Crippen LogP contribution >= 0.6 is 11.8 Å². The molecule has 28 heavy (non-hydrogen) atoms. The fraction of sp³-hybridized carbons (Fsp3) is 0.364. The lowest BCUT2D eigenvalue weighted by atomic mass is 9.78. The van der Waals surface area contributed by atoms with Gasteiger partial charge in [0.05, 0.1) is 17.2 Å². The molecular formula is C22H23NO4S. The molecule has 3 N–H and O–H groups in total. The maximum atomic E-state index is 13.0. The number of carbonyl (C=O) groups excluding carboxylic acids is 1. The molecule has 0 amide bonds. The van der Waals surface area contributed by atoms with E-state index in [0.29, 0.717) is 18.6 Å². The molecular weight excluding hydrogens is 374 g/mol. The van der Waals surface area contributed by atoms with Gasteiger partial charge in [-0.15, -0.1) is 11.8 Å². The first-order chi connectivity index (χ1) is 13.5. The zero-order chi connectivity index (χ0) is 19.7. The van der Waals surface area contributed by atoms with Crippen molar-refractivity contribution in [2.75, 3.05) is 12.4 Å². The molecule has 1 saturated heterocycles. The molecule has 4 rings (SSSR count). The van der Waals surface area contributed by atoms with Crippen LogP contribution in [-0.2, 0) is 14.3 Å². The number of carboxylic acid groups (broad SMARTS) is 1. The van der Waals surface area contributed by atoms with Crippen molar-refractivity contribution >= 4 is 23.7 Å². The Labute approximate surface area is 168 Å². The molecule has 0 bridgehead atoms. The van der Waals surface area contributed by atoms with Crippen LogP contribution in [0.1, 0.15) is 36.3 Å². The number of aliphatic carboxylic acids is 1. The number of ether oxygens (including phenoxy) is 1. The molecule has 2 unspecified atom stereocenters. The summed E-state index contributed by atoms with van der Waals surface area (Å²) in [4.78, 5) is 24.4. The van der Waals surface area contributed by atoms with Gasteiger partial charge in [0.15, 0.2) is 0 Å². The summed E-state index contributed by atoms with van der Waals surface area (Å²) in [6, 6.07) is 16.3. The molecule has 1 fully saturated rings. The Morgan fingerprint density at radius 3 is 2.29 bits per heavy atom. The van der Waals surface area contributed by atoms with E-state index in [1.165, 1.54) is 0 Å². The highest BCUT2D eigenvalue weighted by Crippen LogP contribution is 2.46. The van der Waals surface area contributed by atoms with Crippen LogP contribution in [0.25, 0.3) is 11.1 Å². The van der Waals surface area contributed by atoms with E-state index >= 15 is 0 Å². The minimum Gasteiger partial charge on any atom is -0.481 e. The molecule has 1 heterocycles. The molecule has 1 aliphatic carbocycles. The average molecular weight is 397 g/mol. The van der Waals surface area contributed by atoms with Crippen LogP contribution < -0.4 is 5.73 Å². The third kappa shape index (κ3) is 3.42. The number of hydrogen-bond donors (Lipinski definition) is 2. The van der Waals surface area contributed by atoms with Gasteiger partial charge in [-0.05, 0) is 40.8 Å². The molecule has 2 aromatic carbocycles. The molecule has 0 spiro atoms. The number of hydrogen-bond acceptors (Lipinski definition) is 5. The number of benzene rings is 2. The lowest BCUT2D eigenvalue weighted by molar-refractivity contribution is -0.162. The molecule has 2 aliphatic rings. The summed E-state index contributed by atoms with van der Waals surface area (Å²) in [6.07, 6.45) is 0.576. The lowest BCUT2D eigenvalue weighted by Gasteiger charge is -2.36. The van der Waals surface area contributed by atoms with E-state index in [1.807, 2.05) is 24.3 Å². The monoisotopic (exact) mass is 397 g/mol. The summed E-state index contributed by atoms with van der Waals surface area (Å²) in [5.74, 6) is -0.802. The van der Waals surface area contributed by atoms with Crippen LogP contribution in [-0.4, -0.2) is 34.8 Å². The Kier molecular flexibility index (Phi) is 5.17. The van der Waals surface area contributed by atoms with Gasteiger partial charge in [-0.2, -0.15) is 0 Å². The quantitative estimate of drug-likeness (QED) is 0.749. The van der Waals surface area contributed by atoms with Gasteiger partial charge >= 0.3 is 11.9 Å². The first kappa shape index (κ1) is 19.0. The van der Waals surface area contributed by atoms with Gasteiger partial charge in [0.25, 0.3) is 0 Å². The zero-order valence-electron chi connectivity index (χ0n) is 15.5. The van der Waals surface area contributed by atoms with Crippen LogP contribution in [0.2, 0.25) is 0 Å². The summed E-state index contributed by atoms with van der Waals surface area (Å²) in [6.45, 7) is 0.205. The van der Waals surface area contributed by atoms with E-state index in [9.17, 15) is 14.7 Å². The van der Waals surface area contributed by atoms with Gasteiger partial charge in [-0.1, -0.05) is 48.5 Å². The van der Waals surface area contributed by atoms with Crippen LogP contribution in [0.3, 0.4) is 0 Å². The minimum atomic E-state index is -1.03. The van der Waals surface area contributed by atoms with E-state index in [-0.39, 0.29) is 24.3 Å². The van der Waals surface area contributed by atoms with Crippen LogP contribution in [0.5, 0.6) is 0 Å². The standard InChI is InChI=1S/C22H23NO4S/c23-19-11-22(9-10-28-19,12-20(24)25)21(26)27-13-18-16-7-3-1-5-14(16)15-6-2-4-8-17(15)18/h1-8,18-19H,9-13,23H2,(H,24,25). The maximum absolute atomic E-state index is 13.0. The number of carbonyl (C=O) groups is 2. The molecule has 0 radical (unpaired) electrons. The van der Waals surface area contributed by atoms with Crippen molar-refractivity contribution in [2.45, 2.75) is 30.6 Å². The SMILES string of the molecule is NC1CC(CC(=O)O)(C(=O)OCC2c3ccccc3-c3ccccc32)CCS1. The van der Waals surface area contributed by atoms with Crippen molar-refractivity contribution in [3.8, 4) is 11.1 Å². The van der Waals surface area contributed by atoms with E-state index in [0.717, 1.165) is 22.3 Å². The molecule has 2 atom stereocenters. The van der Waals surface area contributed by atoms with Crippen molar-refractivity contribution < 1.29 is 19.4 Å². The third-order valence-electron chi connectivity index (χ3n) is 5.77. The maximum Gasteiger partial charge on any atom is 0.312 e. The highest BCUT2D eigenvalue weighted by Gasteiger charge is 2.46. The Morgan fingerprint density at radius 1 is 1.11 bits per heavy atom. The van der Waals surface area contributed by atoms with Crippen molar-refractivity contribution in [1.82, 2.24) is 0 Å². The molecule has 6 heteroatoms. The predicted octanol–water partition coefficient (Wildman–Crippen LogP) is 3.62. The lowest BCUT2D eigenvalue weighted by Crippen LogP contribution is -2.43. The Hall–Kier alpha value is -2.31. The summed E-state index contributed by atoms with van der Waals surface area (Å²) in [5.41, 5.74) is 9.60. The van der Waals surface area contributed by atoms with Gasteiger partial charge in [0.1, 0.15) is 6.61 Å². The molecule has 0 aromatic heterocycles. The second-order valence-electron chi connectivity index (χ2n) is 7.54. The zero-order valence-corrected chi connectivity index (χ0v) is 16.3. The third-order valence-corrected chi connectivity index (χ3v) is 6.81. The largest absolute Gasteiger partial charge is 0.481 e. The first-order valence-electron chi connectivity index (χ1n) is 9.45. The summed E-state index contributed by atoms with van der Waals surface area (Å²) < 4.78 is 5.76. The van der Waals surface area contributed by atoms with Gasteiger partial charge in [0, 0.05) is 5.92 Å². The van der Waals surface area contributed by atoms with Gasteiger partial charge < -0.3 is 15.6 Å². The number of carboxylic acids is 1. The fourth-order valence-corrected chi connectivity index (χ4v) is 5.66. The number of nitrogens with two attached hydrogens (primary N) is 1. The number of esters is 1. The van der Waals surface area contributed by atoms with Crippen molar-refractivity contribution in [1.29, 1.82) is 0 Å². The van der Waals surface area contributed by atoms with Crippen LogP contribution in [0.4, 0.5) is 0 Å². The van der Waals surface area contributed by atoms with Gasteiger partial charge in [-0.3, -0.25) is 9.59 Å². The first-order valence-corrected chi connectivity index (χ1v) is 10.5. The predicted molar refractivity (Wildman–Crippen MR) is 109 cm³/mol. The number of thioether (sulfide) groups is 1. The second-order valence-corrected chi connectivity index (χ2v) is 8.89. The van der Waals surface area contributed by atoms with Crippen LogP contribution in [0.15, 0.2) is 48.5 Å².